The van der Waals surface area contributed by atoms with Crippen LogP contribution in [-0.4, -0.2) is 24.3 Å². The first-order chi connectivity index (χ1) is 11.0. The van der Waals surface area contributed by atoms with Crippen LogP contribution in [0.15, 0.2) is 24.3 Å². The van der Waals surface area contributed by atoms with E-state index in [1.54, 1.807) is 24.3 Å². The van der Waals surface area contributed by atoms with Gasteiger partial charge in [-0.3, -0.25) is 14.4 Å². The van der Waals surface area contributed by atoms with Crippen molar-refractivity contribution in [3.8, 4) is 0 Å². The number of nitrogens with two attached hydrogens (primary N) is 1. The van der Waals surface area contributed by atoms with Crippen LogP contribution in [-0.2, 0) is 9.59 Å². The lowest BCUT2D eigenvalue weighted by atomic mass is 10.1. The SMILES string of the molecule is C[C@H]1C[C@@H]1C(=O)Nc1ccc(C(=O)NCCCCC(N)=O)cc1. The summed E-state index contributed by atoms with van der Waals surface area (Å²) >= 11 is 0. The zero-order valence-electron chi connectivity index (χ0n) is 13.3. The van der Waals surface area contributed by atoms with Crippen LogP contribution in [0.2, 0.25) is 0 Å². The monoisotopic (exact) mass is 317 g/mol. The molecule has 0 saturated heterocycles. The number of hydrogen-bond donors (Lipinski definition) is 3. The molecule has 2 atom stereocenters. The van der Waals surface area contributed by atoms with Gasteiger partial charge in [0.05, 0.1) is 0 Å². The molecule has 1 aliphatic carbocycles. The second-order valence-electron chi connectivity index (χ2n) is 6.07. The van der Waals surface area contributed by atoms with Crippen molar-refractivity contribution in [3.63, 3.8) is 0 Å². The molecule has 6 heteroatoms. The van der Waals surface area contributed by atoms with Crippen molar-refractivity contribution < 1.29 is 14.4 Å². The molecule has 1 aromatic rings. The molecule has 0 bridgehead atoms. The Morgan fingerprint density at radius 1 is 1.17 bits per heavy atom. The number of carbonyl (C=O) groups is 3. The van der Waals surface area contributed by atoms with Gasteiger partial charge < -0.3 is 16.4 Å². The van der Waals surface area contributed by atoms with Crippen molar-refractivity contribution in [2.24, 2.45) is 17.6 Å². The first-order valence-electron chi connectivity index (χ1n) is 7.95. The fourth-order valence-corrected chi connectivity index (χ4v) is 2.36. The molecule has 124 valence electrons. The van der Waals surface area contributed by atoms with E-state index in [1.807, 2.05) is 0 Å². The summed E-state index contributed by atoms with van der Waals surface area (Å²) in [5, 5.41) is 5.65. The van der Waals surface area contributed by atoms with Gasteiger partial charge in [0.1, 0.15) is 0 Å². The molecule has 0 aromatic heterocycles. The van der Waals surface area contributed by atoms with Gasteiger partial charge in [-0.2, -0.15) is 0 Å². The Morgan fingerprint density at radius 3 is 2.39 bits per heavy atom. The maximum absolute atomic E-state index is 11.9. The van der Waals surface area contributed by atoms with Gasteiger partial charge >= 0.3 is 0 Å². The van der Waals surface area contributed by atoms with Crippen LogP contribution < -0.4 is 16.4 Å². The molecule has 3 amide bonds. The molecule has 0 radical (unpaired) electrons. The van der Waals surface area contributed by atoms with Gasteiger partial charge in [-0.05, 0) is 49.4 Å². The molecule has 0 unspecified atom stereocenters. The summed E-state index contributed by atoms with van der Waals surface area (Å²) in [4.78, 5) is 34.4. The summed E-state index contributed by atoms with van der Waals surface area (Å²) in [6.45, 7) is 2.56. The van der Waals surface area contributed by atoms with E-state index < -0.39 is 0 Å². The lowest BCUT2D eigenvalue weighted by molar-refractivity contribution is -0.118. The normalized spacial score (nSPS) is 19.0. The number of nitrogens with one attached hydrogen (secondary N) is 2. The Bertz CT molecular complexity index is 583. The summed E-state index contributed by atoms with van der Waals surface area (Å²) in [5.74, 6) is 0.143. The average Bonchev–Trinajstić information content (AvgIpc) is 3.24. The summed E-state index contributed by atoms with van der Waals surface area (Å²) in [5.41, 5.74) is 6.29. The Labute approximate surface area is 135 Å². The maximum atomic E-state index is 11.9. The zero-order valence-corrected chi connectivity index (χ0v) is 13.3. The van der Waals surface area contributed by atoms with Crippen molar-refractivity contribution in [3.05, 3.63) is 29.8 Å². The van der Waals surface area contributed by atoms with Gasteiger partial charge in [-0.15, -0.1) is 0 Å². The number of hydrogen-bond acceptors (Lipinski definition) is 3. The van der Waals surface area contributed by atoms with Crippen LogP contribution in [0, 0.1) is 11.8 Å². The summed E-state index contributed by atoms with van der Waals surface area (Å²) in [6.07, 6.45) is 2.66. The van der Waals surface area contributed by atoms with E-state index in [-0.39, 0.29) is 23.6 Å². The third-order valence-electron chi connectivity index (χ3n) is 4.00. The minimum Gasteiger partial charge on any atom is -0.370 e. The van der Waals surface area contributed by atoms with Crippen molar-refractivity contribution in [2.45, 2.75) is 32.6 Å². The molecular weight excluding hydrogens is 294 g/mol. The number of anilines is 1. The predicted molar refractivity (Wildman–Crippen MR) is 87.7 cm³/mol. The summed E-state index contributed by atoms with van der Waals surface area (Å²) < 4.78 is 0. The highest BCUT2D eigenvalue weighted by atomic mass is 16.2. The molecule has 0 heterocycles. The van der Waals surface area contributed by atoms with Crippen molar-refractivity contribution in [2.75, 3.05) is 11.9 Å². The first kappa shape index (κ1) is 17.0. The lowest BCUT2D eigenvalue weighted by Crippen LogP contribution is -2.24. The Hall–Kier alpha value is -2.37. The maximum Gasteiger partial charge on any atom is 0.251 e. The highest BCUT2D eigenvalue weighted by Crippen LogP contribution is 2.38. The fourth-order valence-electron chi connectivity index (χ4n) is 2.36. The first-order valence-corrected chi connectivity index (χ1v) is 7.95. The minimum absolute atomic E-state index is 0.0455. The second kappa shape index (κ2) is 7.76. The highest BCUT2D eigenvalue weighted by Gasteiger charge is 2.38. The minimum atomic E-state index is -0.324. The van der Waals surface area contributed by atoms with Crippen LogP contribution in [0.1, 0.15) is 43.0 Å². The molecule has 6 nitrogen and oxygen atoms in total. The van der Waals surface area contributed by atoms with Crippen LogP contribution in [0.25, 0.3) is 0 Å². The van der Waals surface area contributed by atoms with Gasteiger partial charge in [0.25, 0.3) is 5.91 Å². The van der Waals surface area contributed by atoms with E-state index in [4.69, 9.17) is 5.73 Å². The topological polar surface area (TPSA) is 101 Å². The van der Waals surface area contributed by atoms with Crippen molar-refractivity contribution in [1.82, 2.24) is 5.32 Å². The molecule has 1 aromatic carbocycles. The van der Waals surface area contributed by atoms with Crippen LogP contribution >= 0.6 is 0 Å². The molecule has 4 N–H and O–H groups in total. The Balaban J connectivity index is 1.74. The van der Waals surface area contributed by atoms with Gasteiger partial charge in [0, 0.05) is 30.1 Å². The third kappa shape index (κ3) is 5.39. The largest absolute Gasteiger partial charge is 0.370 e. The molecule has 2 rings (SSSR count). The summed E-state index contributed by atoms with van der Waals surface area (Å²) in [6, 6.07) is 6.83. The Kier molecular flexibility index (Phi) is 5.73. The quantitative estimate of drug-likeness (QED) is 0.636. The number of carbonyl (C=O) groups excluding carboxylic acids is 3. The van der Waals surface area contributed by atoms with Gasteiger partial charge in [-0.1, -0.05) is 6.92 Å². The zero-order chi connectivity index (χ0) is 16.8. The van der Waals surface area contributed by atoms with Crippen molar-refractivity contribution >= 4 is 23.4 Å². The number of primary amides is 1. The van der Waals surface area contributed by atoms with E-state index in [9.17, 15) is 14.4 Å². The van der Waals surface area contributed by atoms with E-state index in [1.165, 1.54) is 0 Å². The lowest BCUT2D eigenvalue weighted by Gasteiger charge is -2.07. The number of benzene rings is 1. The third-order valence-corrected chi connectivity index (χ3v) is 4.00. The second-order valence-corrected chi connectivity index (χ2v) is 6.07. The Morgan fingerprint density at radius 2 is 1.83 bits per heavy atom. The molecule has 0 spiro atoms. The smallest absolute Gasteiger partial charge is 0.251 e. The molecule has 1 fully saturated rings. The van der Waals surface area contributed by atoms with E-state index in [0.29, 0.717) is 43.0 Å². The highest BCUT2D eigenvalue weighted by molar-refractivity contribution is 5.96. The number of amides is 3. The standard InChI is InChI=1S/C17H23N3O3/c1-11-10-14(11)17(23)20-13-7-5-12(6-8-13)16(22)19-9-3-2-4-15(18)21/h5-8,11,14H,2-4,9-10H2,1H3,(H2,18,21)(H,19,22)(H,20,23)/t11-,14-/m0/s1. The molecule has 1 saturated carbocycles. The number of unbranched alkanes of at least 4 members (excludes halogenated alkanes) is 1. The average molecular weight is 317 g/mol. The molecule has 23 heavy (non-hydrogen) atoms. The molecule has 1 aliphatic rings. The molecule has 0 aliphatic heterocycles. The van der Waals surface area contributed by atoms with Gasteiger partial charge in [0.15, 0.2) is 0 Å². The fraction of sp³-hybridized carbons (Fsp3) is 0.471. The number of rotatable bonds is 8. The van der Waals surface area contributed by atoms with Crippen molar-refractivity contribution in [1.29, 1.82) is 0 Å². The van der Waals surface area contributed by atoms with Crippen LogP contribution in [0.5, 0.6) is 0 Å². The van der Waals surface area contributed by atoms with E-state index in [2.05, 4.69) is 17.6 Å². The summed E-state index contributed by atoms with van der Waals surface area (Å²) in [7, 11) is 0. The van der Waals surface area contributed by atoms with E-state index >= 15 is 0 Å². The van der Waals surface area contributed by atoms with Crippen LogP contribution in [0.3, 0.4) is 0 Å². The predicted octanol–water partition coefficient (Wildman–Crippen LogP) is 1.67. The van der Waals surface area contributed by atoms with Gasteiger partial charge in [-0.25, -0.2) is 0 Å². The van der Waals surface area contributed by atoms with Gasteiger partial charge in [0.2, 0.25) is 11.8 Å². The van der Waals surface area contributed by atoms with E-state index in [0.717, 1.165) is 6.42 Å². The molecular formula is C17H23N3O3. The van der Waals surface area contributed by atoms with Crippen LogP contribution in [0.4, 0.5) is 5.69 Å².